The lowest BCUT2D eigenvalue weighted by Crippen LogP contribution is -2.37. The number of pyridine rings is 1. The number of hydrogen-bond acceptors (Lipinski definition) is 4. The van der Waals surface area contributed by atoms with E-state index in [2.05, 4.69) is 54.0 Å². The van der Waals surface area contributed by atoms with E-state index in [0.29, 0.717) is 0 Å². The van der Waals surface area contributed by atoms with Crippen LogP contribution in [0.3, 0.4) is 0 Å². The van der Waals surface area contributed by atoms with Gasteiger partial charge in [-0.15, -0.1) is 0 Å². The second kappa shape index (κ2) is 7.88. The van der Waals surface area contributed by atoms with Crippen molar-refractivity contribution in [2.75, 3.05) is 25.4 Å². The topological polar surface area (TPSA) is 28.2 Å². The molecule has 19 heavy (non-hydrogen) atoms. The van der Waals surface area contributed by atoms with Crippen LogP contribution < -0.4 is 5.32 Å². The molecule has 0 bridgehead atoms. The van der Waals surface area contributed by atoms with Crippen molar-refractivity contribution in [3.8, 4) is 0 Å². The molecule has 1 fully saturated rings. The van der Waals surface area contributed by atoms with Gasteiger partial charge in [-0.1, -0.05) is 19.9 Å². The summed E-state index contributed by atoms with van der Waals surface area (Å²) in [4.78, 5) is 7.29. The Morgan fingerprint density at radius 1 is 1.37 bits per heavy atom. The maximum atomic E-state index is 4.74. The third-order valence-corrected chi connectivity index (χ3v) is 4.86. The Balaban J connectivity index is 1.90. The molecule has 0 spiro atoms. The molecule has 1 aliphatic rings. The van der Waals surface area contributed by atoms with E-state index in [-0.39, 0.29) is 0 Å². The van der Waals surface area contributed by atoms with Gasteiger partial charge in [0.1, 0.15) is 0 Å². The molecule has 0 aliphatic carbocycles. The Labute approximate surface area is 121 Å². The zero-order chi connectivity index (χ0) is 13.5. The average Bonchev–Trinajstić information content (AvgIpc) is 2.46. The van der Waals surface area contributed by atoms with E-state index < -0.39 is 0 Å². The summed E-state index contributed by atoms with van der Waals surface area (Å²) in [5.41, 5.74) is 2.36. The smallest absolute Gasteiger partial charge is 0.0547 e. The van der Waals surface area contributed by atoms with Gasteiger partial charge < -0.3 is 5.32 Å². The first kappa shape index (κ1) is 14.8. The van der Waals surface area contributed by atoms with E-state index >= 15 is 0 Å². The van der Waals surface area contributed by atoms with E-state index in [9.17, 15) is 0 Å². The van der Waals surface area contributed by atoms with E-state index in [1.807, 2.05) is 0 Å². The van der Waals surface area contributed by atoms with Gasteiger partial charge in [0, 0.05) is 37.2 Å². The molecule has 0 aromatic carbocycles. The number of rotatable bonds is 6. The molecule has 2 heterocycles. The molecule has 1 N–H and O–H groups in total. The van der Waals surface area contributed by atoms with Crippen LogP contribution in [0.2, 0.25) is 0 Å². The molecule has 1 aromatic rings. The minimum absolute atomic E-state index is 0.804. The minimum Gasteiger partial charge on any atom is -0.311 e. The normalized spacial score (nSPS) is 20.6. The molecule has 1 saturated heterocycles. The van der Waals surface area contributed by atoms with Crippen molar-refractivity contribution in [1.82, 2.24) is 15.2 Å². The zero-order valence-electron chi connectivity index (χ0n) is 12.1. The number of aromatic nitrogens is 1. The fourth-order valence-electron chi connectivity index (χ4n) is 2.37. The highest BCUT2D eigenvalue weighted by atomic mass is 32.2. The lowest BCUT2D eigenvalue weighted by atomic mass is 10.2. The predicted octanol–water partition coefficient (Wildman–Crippen LogP) is 2.52. The molecule has 4 heteroatoms. The van der Waals surface area contributed by atoms with Crippen LogP contribution in [0, 0.1) is 0 Å². The molecule has 2 rings (SSSR count). The summed E-state index contributed by atoms with van der Waals surface area (Å²) >= 11 is 2.12. The van der Waals surface area contributed by atoms with Gasteiger partial charge >= 0.3 is 0 Å². The van der Waals surface area contributed by atoms with Crippen LogP contribution in [0.4, 0.5) is 0 Å². The molecule has 0 radical (unpaired) electrons. The molecule has 1 atom stereocenters. The van der Waals surface area contributed by atoms with Gasteiger partial charge in [-0.2, -0.15) is 11.8 Å². The molecule has 1 aliphatic heterocycles. The van der Waals surface area contributed by atoms with Gasteiger partial charge in [0.2, 0.25) is 0 Å². The Bertz CT molecular complexity index is 383. The third-order valence-electron chi connectivity index (χ3n) is 3.48. The number of thioether (sulfide) groups is 1. The maximum Gasteiger partial charge on any atom is 0.0547 e. The lowest BCUT2D eigenvalue weighted by Gasteiger charge is -2.31. The van der Waals surface area contributed by atoms with Crippen LogP contribution in [0.5, 0.6) is 0 Å². The third kappa shape index (κ3) is 4.79. The van der Waals surface area contributed by atoms with Crippen molar-refractivity contribution in [2.24, 2.45) is 0 Å². The highest BCUT2D eigenvalue weighted by molar-refractivity contribution is 8.00. The van der Waals surface area contributed by atoms with Crippen LogP contribution >= 0.6 is 11.8 Å². The van der Waals surface area contributed by atoms with Gasteiger partial charge in [-0.05, 0) is 25.1 Å². The van der Waals surface area contributed by atoms with Gasteiger partial charge in [0.25, 0.3) is 0 Å². The molecule has 1 unspecified atom stereocenters. The standard InChI is InChI=1S/C15H25N3S/c1-3-15-12-18(8-9-19-15)11-14-7-5-6-13(17-14)10-16-4-2/h5-7,15-16H,3-4,8-12H2,1-2H3. The highest BCUT2D eigenvalue weighted by Gasteiger charge is 2.19. The first-order valence-corrected chi connectivity index (χ1v) is 8.36. The fraction of sp³-hybridized carbons (Fsp3) is 0.667. The van der Waals surface area contributed by atoms with Crippen molar-refractivity contribution in [2.45, 2.75) is 38.6 Å². The first-order chi connectivity index (χ1) is 9.31. The second-order valence-electron chi connectivity index (χ2n) is 5.04. The van der Waals surface area contributed by atoms with Gasteiger partial charge in [0.05, 0.1) is 11.4 Å². The number of nitrogens with zero attached hydrogens (tertiary/aromatic N) is 2. The van der Waals surface area contributed by atoms with Crippen molar-refractivity contribution >= 4 is 11.8 Å². The largest absolute Gasteiger partial charge is 0.311 e. The summed E-state index contributed by atoms with van der Waals surface area (Å²) in [6.45, 7) is 9.68. The van der Waals surface area contributed by atoms with E-state index in [4.69, 9.17) is 4.98 Å². The minimum atomic E-state index is 0.804. The molecule has 3 nitrogen and oxygen atoms in total. The average molecular weight is 279 g/mol. The monoisotopic (exact) mass is 279 g/mol. The van der Waals surface area contributed by atoms with Crippen molar-refractivity contribution in [1.29, 1.82) is 0 Å². The van der Waals surface area contributed by atoms with Crippen molar-refractivity contribution < 1.29 is 0 Å². The second-order valence-corrected chi connectivity index (χ2v) is 6.45. The summed E-state index contributed by atoms with van der Waals surface area (Å²) in [5.74, 6) is 1.26. The van der Waals surface area contributed by atoms with Gasteiger partial charge in [0.15, 0.2) is 0 Å². The van der Waals surface area contributed by atoms with Crippen LogP contribution in [0.25, 0.3) is 0 Å². The highest BCUT2D eigenvalue weighted by Crippen LogP contribution is 2.22. The van der Waals surface area contributed by atoms with Gasteiger partial charge in [-0.25, -0.2) is 0 Å². The predicted molar refractivity (Wildman–Crippen MR) is 83.4 cm³/mol. The van der Waals surface area contributed by atoms with Crippen LogP contribution in [0.1, 0.15) is 31.7 Å². The first-order valence-electron chi connectivity index (χ1n) is 7.31. The Morgan fingerprint density at radius 2 is 2.21 bits per heavy atom. The Kier molecular flexibility index (Phi) is 6.14. The SMILES string of the molecule is CCNCc1cccc(CN2CCSC(CC)C2)n1. The number of hydrogen-bond donors (Lipinski definition) is 1. The quantitative estimate of drug-likeness (QED) is 0.866. The van der Waals surface area contributed by atoms with Crippen LogP contribution in [-0.4, -0.2) is 40.5 Å². The Morgan fingerprint density at radius 3 is 3.00 bits per heavy atom. The maximum absolute atomic E-state index is 4.74. The molecular formula is C15H25N3S. The zero-order valence-corrected chi connectivity index (χ0v) is 12.9. The molecular weight excluding hydrogens is 254 g/mol. The molecule has 0 amide bonds. The van der Waals surface area contributed by atoms with E-state index in [1.54, 1.807) is 0 Å². The molecule has 0 saturated carbocycles. The van der Waals surface area contributed by atoms with E-state index in [0.717, 1.165) is 30.6 Å². The summed E-state index contributed by atoms with van der Waals surface area (Å²) < 4.78 is 0. The van der Waals surface area contributed by atoms with Crippen molar-refractivity contribution in [3.63, 3.8) is 0 Å². The van der Waals surface area contributed by atoms with E-state index in [1.165, 1.54) is 31.0 Å². The molecule has 1 aromatic heterocycles. The van der Waals surface area contributed by atoms with Crippen LogP contribution in [-0.2, 0) is 13.1 Å². The summed E-state index contributed by atoms with van der Waals surface area (Å²) in [6.07, 6.45) is 1.27. The number of nitrogens with one attached hydrogen (secondary N) is 1. The fourth-order valence-corrected chi connectivity index (χ4v) is 3.62. The lowest BCUT2D eigenvalue weighted by molar-refractivity contribution is 0.270. The van der Waals surface area contributed by atoms with Gasteiger partial charge in [-0.3, -0.25) is 9.88 Å². The summed E-state index contributed by atoms with van der Waals surface area (Å²) in [5, 5.41) is 4.14. The summed E-state index contributed by atoms with van der Waals surface area (Å²) in [7, 11) is 0. The Hall–Kier alpha value is -0.580. The van der Waals surface area contributed by atoms with Crippen LogP contribution in [0.15, 0.2) is 18.2 Å². The van der Waals surface area contributed by atoms with Crippen molar-refractivity contribution in [3.05, 3.63) is 29.6 Å². The molecule has 106 valence electrons. The summed E-state index contributed by atoms with van der Waals surface area (Å²) in [6, 6.07) is 6.39.